The molecular formula is C9H13ClN4O. The van der Waals surface area contributed by atoms with Gasteiger partial charge < -0.3 is 9.64 Å². The van der Waals surface area contributed by atoms with E-state index in [1.54, 1.807) is 0 Å². The van der Waals surface area contributed by atoms with Gasteiger partial charge in [0.1, 0.15) is 0 Å². The zero-order valence-electron chi connectivity index (χ0n) is 8.77. The van der Waals surface area contributed by atoms with Gasteiger partial charge in [0, 0.05) is 13.1 Å². The number of aryl methyl sites for hydroxylation is 1. The van der Waals surface area contributed by atoms with E-state index in [0.717, 1.165) is 13.1 Å². The average Bonchev–Trinajstić information content (AvgIpc) is 2.22. The molecule has 1 aliphatic rings. The molecule has 1 atom stereocenters. The highest BCUT2D eigenvalue weighted by atomic mass is 35.5. The second-order valence-corrected chi connectivity index (χ2v) is 3.97. The summed E-state index contributed by atoms with van der Waals surface area (Å²) in [4.78, 5) is 6.36. The van der Waals surface area contributed by atoms with Crippen molar-refractivity contribution in [1.82, 2.24) is 15.2 Å². The molecule has 0 aliphatic carbocycles. The lowest BCUT2D eigenvalue weighted by molar-refractivity contribution is 0.0525. The molecule has 2 heterocycles. The van der Waals surface area contributed by atoms with Crippen molar-refractivity contribution in [2.45, 2.75) is 20.0 Å². The number of morpholine rings is 1. The molecule has 1 saturated heterocycles. The number of halogens is 1. The van der Waals surface area contributed by atoms with Crippen LogP contribution in [0.4, 0.5) is 5.95 Å². The van der Waals surface area contributed by atoms with Crippen LogP contribution in [0.25, 0.3) is 0 Å². The summed E-state index contributed by atoms with van der Waals surface area (Å²) in [6.45, 7) is 6.15. The lowest BCUT2D eigenvalue weighted by Crippen LogP contribution is -2.42. The molecule has 0 unspecified atom stereocenters. The van der Waals surface area contributed by atoms with Crippen molar-refractivity contribution in [2.24, 2.45) is 0 Å². The normalized spacial score (nSPS) is 21.8. The van der Waals surface area contributed by atoms with Crippen LogP contribution in [0.1, 0.15) is 12.6 Å². The molecule has 0 saturated carbocycles. The second-order valence-electron chi connectivity index (χ2n) is 3.62. The Morgan fingerprint density at radius 3 is 2.93 bits per heavy atom. The first-order chi connectivity index (χ1) is 7.16. The van der Waals surface area contributed by atoms with Gasteiger partial charge in [0.15, 0.2) is 5.15 Å². The Hall–Kier alpha value is -0.940. The fourth-order valence-corrected chi connectivity index (χ4v) is 1.59. The molecule has 82 valence electrons. The van der Waals surface area contributed by atoms with Crippen LogP contribution in [-0.4, -0.2) is 41.0 Å². The van der Waals surface area contributed by atoms with E-state index in [0.29, 0.717) is 23.4 Å². The highest BCUT2D eigenvalue weighted by Gasteiger charge is 2.19. The number of aromatic nitrogens is 3. The van der Waals surface area contributed by atoms with E-state index in [2.05, 4.69) is 20.1 Å². The molecule has 0 radical (unpaired) electrons. The molecular weight excluding hydrogens is 216 g/mol. The maximum atomic E-state index is 5.77. The minimum absolute atomic E-state index is 0.207. The van der Waals surface area contributed by atoms with Crippen LogP contribution in [0.5, 0.6) is 0 Å². The SMILES string of the molecule is Cc1nc(N2CCO[C@@H](C)C2)nnc1Cl. The van der Waals surface area contributed by atoms with E-state index < -0.39 is 0 Å². The minimum atomic E-state index is 0.207. The van der Waals surface area contributed by atoms with Crippen LogP contribution in [-0.2, 0) is 4.74 Å². The first kappa shape index (κ1) is 10.6. The highest BCUT2D eigenvalue weighted by molar-refractivity contribution is 6.29. The van der Waals surface area contributed by atoms with E-state index in [9.17, 15) is 0 Å². The van der Waals surface area contributed by atoms with Gasteiger partial charge in [-0.2, -0.15) is 0 Å². The zero-order chi connectivity index (χ0) is 10.8. The summed E-state index contributed by atoms with van der Waals surface area (Å²) < 4.78 is 5.44. The Morgan fingerprint density at radius 2 is 2.27 bits per heavy atom. The third-order valence-corrected chi connectivity index (χ3v) is 2.67. The molecule has 0 aromatic carbocycles. The van der Waals surface area contributed by atoms with Crippen LogP contribution in [0.15, 0.2) is 0 Å². The molecule has 2 rings (SSSR count). The summed E-state index contributed by atoms with van der Waals surface area (Å²) in [5.41, 5.74) is 0.709. The molecule has 5 nitrogen and oxygen atoms in total. The predicted molar refractivity (Wildman–Crippen MR) is 57.2 cm³/mol. The van der Waals surface area contributed by atoms with Gasteiger partial charge in [0.05, 0.1) is 18.4 Å². The number of hydrogen-bond donors (Lipinski definition) is 0. The van der Waals surface area contributed by atoms with Crippen molar-refractivity contribution < 1.29 is 4.74 Å². The number of hydrogen-bond acceptors (Lipinski definition) is 5. The van der Waals surface area contributed by atoms with Gasteiger partial charge in [-0.15, -0.1) is 10.2 Å². The second kappa shape index (κ2) is 4.28. The van der Waals surface area contributed by atoms with Gasteiger partial charge in [-0.3, -0.25) is 0 Å². The maximum absolute atomic E-state index is 5.77. The fraction of sp³-hybridized carbons (Fsp3) is 0.667. The minimum Gasteiger partial charge on any atom is -0.375 e. The van der Waals surface area contributed by atoms with Crippen molar-refractivity contribution in [1.29, 1.82) is 0 Å². The summed E-state index contributed by atoms with van der Waals surface area (Å²) in [5, 5.41) is 8.19. The van der Waals surface area contributed by atoms with Gasteiger partial charge in [0.25, 0.3) is 0 Å². The molecule has 1 aromatic heterocycles. The lowest BCUT2D eigenvalue weighted by atomic mass is 10.3. The summed E-state index contributed by atoms with van der Waals surface area (Å²) in [5.74, 6) is 0.632. The molecule has 6 heteroatoms. The van der Waals surface area contributed by atoms with Gasteiger partial charge >= 0.3 is 0 Å². The number of anilines is 1. The van der Waals surface area contributed by atoms with Crippen molar-refractivity contribution >= 4 is 17.5 Å². The number of ether oxygens (including phenoxy) is 1. The Morgan fingerprint density at radius 1 is 1.47 bits per heavy atom. The summed E-state index contributed by atoms with van der Waals surface area (Å²) in [6.07, 6.45) is 0.207. The first-order valence-corrected chi connectivity index (χ1v) is 5.28. The molecule has 1 fully saturated rings. The molecule has 0 spiro atoms. The molecule has 0 bridgehead atoms. The standard InChI is InChI=1S/C9H13ClN4O/c1-6-5-14(3-4-15-6)9-11-7(2)8(10)12-13-9/h6H,3-5H2,1-2H3/t6-/m0/s1. The van der Waals surface area contributed by atoms with E-state index in [-0.39, 0.29) is 6.10 Å². The quantitative estimate of drug-likeness (QED) is 0.720. The Kier molecular flexibility index (Phi) is 3.02. The van der Waals surface area contributed by atoms with Gasteiger partial charge in [-0.1, -0.05) is 11.6 Å². The van der Waals surface area contributed by atoms with Crippen molar-refractivity contribution in [2.75, 3.05) is 24.6 Å². The van der Waals surface area contributed by atoms with Gasteiger partial charge in [-0.05, 0) is 13.8 Å². The Bertz CT molecular complexity index is 360. The third kappa shape index (κ3) is 2.35. The molecule has 0 N–H and O–H groups in total. The summed E-state index contributed by atoms with van der Waals surface area (Å²) >= 11 is 5.77. The van der Waals surface area contributed by atoms with E-state index in [1.807, 2.05) is 13.8 Å². The molecule has 1 aromatic rings. The summed E-state index contributed by atoms with van der Waals surface area (Å²) in [6, 6.07) is 0. The van der Waals surface area contributed by atoms with Gasteiger partial charge in [0.2, 0.25) is 5.95 Å². The molecule has 15 heavy (non-hydrogen) atoms. The van der Waals surface area contributed by atoms with Crippen LogP contribution in [0, 0.1) is 6.92 Å². The van der Waals surface area contributed by atoms with E-state index in [4.69, 9.17) is 16.3 Å². The van der Waals surface area contributed by atoms with Gasteiger partial charge in [-0.25, -0.2) is 4.98 Å². The Balaban J connectivity index is 2.18. The van der Waals surface area contributed by atoms with E-state index >= 15 is 0 Å². The predicted octanol–water partition coefficient (Wildman–Crippen LogP) is 1.06. The number of nitrogens with zero attached hydrogens (tertiary/aromatic N) is 4. The molecule has 0 amide bonds. The average molecular weight is 229 g/mol. The molecule has 1 aliphatic heterocycles. The fourth-order valence-electron chi connectivity index (χ4n) is 1.51. The van der Waals surface area contributed by atoms with Crippen molar-refractivity contribution in [3.8, 4) is 0 Å². The summed E-state index contributed by atoms with van der Waals surface area (Å²) in [7, 11) is 0. The third-order valence-electron chi connectivity index (χ3n) is 2.32. The lowest BCUT2D eigenvalue weighted by Gasteiger charge is -2.30. The van der Waals surface area contributed by atoms with E-state index in [1.165, 1.54) is 0 Å². The van der Waals surface area contributed by atoms with Crippen LogP contribution >= 0.6 is 11.6 Å². The Labute approximate surface area is 93.4 Å². The van der Waals surface area contributed by atoms with Crippen LogP contribution in [0.2, 0.25) is 5.15 Å². The highest BCUT2D eigenvalue weighted by Crippen LogP contribution is 2.15. The van der Waals surface area contributed by atoms with Crippen LogP contribution < -0.4 is 4.90 Å². The monoisotopic (exact) mass is 228 g/mol. The largest absolute Gasteiger partial charge is 0.375 e. The first-order valence-electron chi connectivity index (χ1n) is 4.90. The number of rotatable bonds is 1. The topological polar surface area (TPSA) is 51.1 Å². The smallest absolute Gasteiger partial charge is 0.245 e. The van der Waals surface area contributed by atoms with Crippen molar-refractivity contribution in [3.05, 3.63) is 10.8 Å². The van der Waals surface area contributed by atoms with Crippen LogP contribution in [0.3, 0.4) is 0 Å². The zero-order valence-corrected chi connectivity index (χ0v) is 9.53. The van der Waals surface area contributed by atoms with Crippen molar-refractivity contribution in [3.63, 3.8) is 0 Å². The maximum Gasteiger partial charge on any atom is 0.245 e.